The number of azide groups is 1. The van der Waals surface area contributed by atoms with Crippen molar-refractivity contribution in [3.63, 3.8) is 0 Å². The van der Waals surface area contributed by atoms with Gasteiger partial charge in [0.15, 0.2) is 0 Å². The van der Waals surface area contributed by atoms with Gasteiger partial charge in [-0.2, -0.15) is 0 Å². The van der Waals surface area contributed by atoms with Gasteiger partial charge in [0.25, 0.3) is 0 Å². The minimum atomic E-state index is -1.10. The second kappa shape index (κ2) is 5.37. The van der Waals surface area contributed by atoms with Crippen LogP contribution in [0.3, 0.4) is 0 Å². The molecule has 0 bridgehead atoms. The van der Waals surface area contributed by atoms with E-state index in [4.69, 9.17) is 10.6 Å². The fourth-order valence-electron chi connectivity index (χ4n) is 1.88. The van der Waals surface area contributed by atoms with Crippen LogP contribution in [0.1, 0.15) is 25.8 Å². The van der Waals surface area contributed by atoms with Crippen LogP contribution in [0.15, 0.2) is 35.4 Å². The highest BCUT2D eigenvalue weighted by molar-refractivity contribution is 5.76. The molecule has 0 aliphatic carbocycles. The topological polar surface area (TPSA) is 86.1 Å². The molecular weight excluding hydrogens is 218 g/mol. The van der Waals surface area contributed by atoms with E-state index in [0.717, 1.165) is 5.56 Å². The molecule has 1 rings (SSSR count). The Balaban J connectivity index is 3.27. The third-order valence-electron chi connectivity index (χ3n) is 3.17. The van der Waals surface area contributed by atoms with Crippen LogP contribution in [0.2, 0.25) is 0 Å². The van der Waals surface area contributed by atoms with Crippen LogP contribution in [0.4, 0.5) is 0 Å². The lowest BCUT2D eigenvalue weighted by atomic mass is 9.74. The molecule has 0 heterocycles. The number of carboxylic acid groups (broad SMARTS) is 1. The number of nitrogens with zero attached hydrogens (tertiary/aromatic N) is 3. The molecule has 0 aliphatic rings. The van der Waals surface area contributed by atoms with Crippen LogP contribution in [0.5, 0.6) is 0 Å². The Bertz CT molecular complexity index is 438. The third-order valence-corrected chi connectivity index (χ3v) is 3.17. The molecule has 2 unspecified atom stereocenters. The number of hydrogen-bond donors (Lipinski definition) is 1. The molecule has 0 aliphatic heterocycles. The summed E-state index contributed by atoms with van der Waals surface area (Å²) in [5, 5.41) is 12.6. The van der Waals surface area contributed by atoms with E-state index in [0.29, 0.717) is 6.42 Å². The van der Waals surface area contributed by atoms with Gasteiger partial charge in [0, 0.05) is 10.3 Å². The molecule has 0 amide bonds. The quantitative estimate of drug-likeness (QED) is 0.481. The van der Waals surface area contributed by atoms with Crippen molar-refractivity contribution in [1.29, 1.82) is 0 Å². The van der Waals surface area contributed by atoms with Crippen LogP contribution in [-0.2, 0) is 10.2 Å². The smallest absolute Gasteiger partial charge is 0.313 e. The van der Waals surface area contributed by atoms with Crippen molar-refractivity contribution in [3.05, 3.63) is 46.3 Å². The van der Waals surface area contributed by atoms with Gasteiger partial charge in [0.1, 0.15) is 6.04 Å². The normalized spacial score (nSPS) is 15.4. The van der Waals surface area contributed by atoms with E-state index >= 15 is 0 Å². The van der Waals surface area contributed by atoms with E-state index in [9.17, 15) is 4.79 Å². The molecule has 5 heteroatoms. The monoisotopic (exact) mass is 233 g/mol. The lowest BCUT2D eigenvalue weighted by molar-refractivity contribution is -0.140. The second-order valence-corrected chi connectivity index (χ2v) is 4.08. The SMILES string of the molecule is CCC(C)(c1ccccc1)C(N=[N+]=[N-])C(=O)O. The Morgan fingerprint density at radius 1 is 1.53 bits per heavy atom. The highest BCUT2D eigenvalue weighted by atomic mass is 16.4. The molecule has 0 saturated heterocycles. The predicted molar refractivity (Wildman–Crippen MR) is 64.7 cm³/mol. The number of rotatable bonds is 5. The van der Waals surface area contributed by atoms with Crippen molar-refractivity contribution in [2.24, 2.45) is 5.11 Å². The van der Waals surface area contributed by atoms with Gasteiger partial charge in [-0.1, -0.05) is 49.3 Å². The van der Waals surface area contributed by atoms with Gasteiger partial charge in [-0.25, -0.2) is 0 Å². The molecule has 1 aromatic carbocycles. The summed E-state index contributed by atoms with van der Waals surface area (Å²) in [7, 11) is 0. The van der Waals surface area contributed by atoms with Crippen LogP contribution in [0.25, 0.3) is 10.4 Å². The summed E-state index contributed by atoms with van der Waals surface area (Å²) in [5.74, 6) is -1.10. The summed E-state index contributed by atoms with van der Waals surface area (Å²) in [6.07, 6.45) is 0.576. The second-order valence-electron chi connectivity index (χ2n) is 4.08. The van der Waals surface area contributed by atoms with Gasteiger partial charge in [-0.15, -0.1) is 0 Å². The first-order valence-corrected chi connectivity index (χ1v) is 5.38. The van der Waals surface area contributed by atoms with Crippen molar-refractivity contribution >= 4 is 5.97 Å². The van der Waals surface area contributed by atoms with Gasteiger partial charge < -0.3 is 5.11 Å². The maximum absolute atomic E-state index is 11.2. The summed E-state index contributed by atoms with van der Waals surface area (Å²) in [4.78, 5) is 13.8. The van der Waals surface area contributed by atoms with Crippen molar-refractivity contribution in [1.82, 2.24) is 0 Å². The van der Waals surface area contributed by atoms with E-state index in [1.165, 1.54) is 0 Å². The van der Waals surface area contributed by atoms with E-state index in [1.807, 2.05) is 37.3 Å². The number of aliphatic carboxylic acids is 1. The average Bonchev–Trinajstić information content (AvgIpc) is 2.35. The Morgan fingerprint density at radius 3 is 2.53 bits per heavy atom. The van der Waals surface area contributed by atoms with Crippen molar-refractivity contribution in [3.8, 4) is 0 Å². The minimum Gasteiger partial charge on any atom is -0.481 e. The lowest BCUT2D eigenvalue weighted by Gasteiger charge is -2.32. The van der Waals surface area contributed by atoms with Gasteiger partial charge >= 0.3 is 5.97 Å². The van der Waals surface area contributed by atoms with E-state index in [-0.39, 0.29) is 0 Å². The highest BCUT2D eigenvalue weighted by Crippen LogP contribution is 2.33. The molecule has 1 aromatic rings. The molecule has 5 nitrogen and oxygen atoms in total. The van der Waals surface area contributed by atoms with Gasteiger partial charge in [0.2, 0.25) is 0 Å². The molecule has 2 atom stereocenters. The minimum absolute atomic E-state index is 0.576. The van der Waals surface area contributed by atoms with Gasteiger partial charge in [-0.05, 0) is 17.5 Å². The van der Waals surface area contributed by atoms with E-state index in [1.54, 1.807) is 6.92 Å². The summed E-state index contributed by atoms with van der Waals surface area (Å²) in [5.41, 5.74) is 8.65. The van der Waals surface area contributed by atoms with E-state index < -0.39 is 17.4 Å². The Kier molecular flexibility index (Phi) is 4.12. The van der Waals surface area contributed by atoms with Crippen molar-refractivity contribution < 1.29 is 9.90 Å². The average molecular weight is 233 g/mol. The highest BCUT2D eigenvalue weighted by Gasteiger charge is 2.38. The number of carboxylic acids is 1. The summed E-state index contributed by atoms with van der Waals surface area (Å²) in [6.45, 7) is 3.69. The molecular formula is C12H15N3O2. The first-order chi connectivity index (χ1) is 8.06. The maximum atomic E-state index is 11.2. The molecule has 0 radical (unpaired) electrons. The van der Waals surface area contributed by atoms with Crippen LogP contribution >= 0.6 is 0 Å². The Morgan fingerprint density at radius 2 is 2.12 bits per heavy atom. The molecule has 17 heavy (non-hydrogen) atoms. The zero-order valence-electron chi connectivity index (χ0n) is 9.87. The van der Waals surface area contributed by atoms with E-state index in [2.05, 4.69) is 10.0 Å². The maximum Gasteiger partial charge on any atom is 0.313 e. The Labute approximate surface area is 99.7 Å². The number of benzene rings is 1. The fraction of sp³-hybridized carbons (Fsp3) is 0.417. The molecule has 0 fully saturated rings. The van der Waals surface area contributed by atoms with Crippen molar-refractivity contribution in [2.75, 3.05) is 0 Å². The molecule has 0 aromatic heterocycles. The molecule has 1 N–H and O–H groups in total. The first kappa shape index (κ1) is 13.1. The zero-order valence-corrected chi connectivity index (χ0v) is 9.87. The third kappa shape index (κ3) is 2.57. The molecule has 90 valence electrons. The fourth-order valence-corrected chi connectivity index (χ4v) is 1.88. The standard InChI is InChI=1S/C12H15N3O2/c1-3-12(2,9-7-5-4-6-8-9)10(11(16)17)14-15-13/h4-8,10H,3H2,1-2H3,(H,16,17). The van der Waals surface area contributed by atoms with Gasteiger partial charge in [-0.3, -0.25) is 4.79 Å². The van der Waals surface area contributed by atoms with Crippen LogP contribution in [0, 0.1) is 0 Å². The summed E-state index contributed by atoms with van der Waals surface area (Å²) >= 11 is 0. The number of carbonyl (C=O) groups is 1. The van der Waals surface area contributed by atoms with Gasteiger partial charge in [0.05, 0.1) is 0 Å². The summed E-state index contributed by atoms with van der Waals surface area (Å²) < 4.78 is 0. The first-order valence-electron chi connectivity index (χ1n) is 5.38. The van der Waals surface area contributed by atoms with Crippen LogP contribution < -0.4 is 0 Å². The zero-order chi connectivity index (χ0) is 12.9. The van der Waals surface area contributed by atoms with Crippen molar-refractivity contribution in [2.45, 2.75) is 31.7 Å². The largest absolute Gasteiger partial charge is 0.481 e. The molecule has 0 saturated carbocycles. The summed E-state index contributed by atoms with van der Waals surface area (Å²) in [6, 6.07) is 8.16. The predicted octanol–water partition coefficient (Wildman–Crippen LogP) is 3.12. The lowest BCUT2D eigenvalue weighted by Crippen LogP contribution is -2.40. The van der Waals surface area contributed by atoms with Crippen LogP contribution in [-0.4, -0.2) is 17.1 Å². The Hall–Kier alpha value is -2.00. The molecule has 0 spiro atoms. The number of hydrogen-bond acceptors (Lipinski definition) is 2.